The molecule has 1 aromatic heterocycles. The number of aromatic nitrogens is 1. The number of nitrogens with zero attached hydrogens (tertiary/aromatic N) is 3. The van der Waals surface area contributed by atoms with Crippen molar-refractivity contribution in [3.63, 3.8) is 0 Å². The lowest BCUT2D eigenvalue weighted by atomic mass is 9.96. The molecule has 1 fully saturated rings. The minimum Gasteiger partial charge on any atom is -0.495 e. The van der Waals surface area contributed by atoms with Crippen LogP contribution in [-0.2, 0) is 26.1 Å². The third-order valence-corrected chi connectivity index (χ3v) is 9.43. The number of benzene rings is 2. The SMILES string of the molecule is COC(=O)Cn1c(=NC(=O)c2ccc(S(=O)(=O)N(C)C3CCCCC3)cc2)sc2cccc(OC)c21. The van der Waals surface area contributed by atoms with Crippen LogP contribution in [0.5, 0.6) is 5.75 Å². The maximum atomic E-state index is 13.1. The number of hydrogen-bond acceptors (Lipinski definition) is 7. The molecule has 0 atom stereocenters. The molecule has 192 valence electrons. The number of rotatable bonds is 7. The van der Waals surface area contributed by atoms with Gasteiger partial charge in [0.15, 0.2) is 4.80 Å². The van der Waals surface area contributed by atoms with E-state index in [-0.39, 0.29) is 23.0 Å². The molecule has 36 heavy (non-hydrogen) atoms. The Bertz CT molecular complexity index is 1430. The summed E-state index contributed by atoms with van der Waals surface area (Å²) in [5, 5.41) is 0. The summed E-state index contributed by atoms with van der Waals surface area (Å²) in [7, 11) is 0.772. The van der Waals surface area contributed by atoms with Crippen LogP contribution in [0.1, 0.15) is 42.5 Å². The summed E-state index contributed by atoms with van der Waals surface area (Å²) >= 11 is 1.24. The molecule has 1 aliphatic carbocycles. The average Bonchev–Trinajstić information content (AvgIpc) is 3.25. The molecule has 2 aromatic carbocycles. The molecule has 0 aliphatic heterocycles. The van der Waals surface area contributed by atoms with Gasteiger partial charge in [-0.2, -0.15) is 9.30 Å². The molecule has 3 aromatic rings. The predicted octanol–water partition coefficient (Wildman–Crippen LogP) is 3.58. The number of amides is 1. The van der Waals surface area contributed by atoms with Gasteiger partial charge in [-0.3, -0.25) is 9.59 Å². The van der Waals surface area contributed by atoms with Gasteiger partial charge in [0.05, 0.1) is 23.8 Å². The minimum atomic E-state index is -3.66. The first kappa shape index (κ1) is 26.1. The molecule has 9 nitrogen and oxygen atoms in total. The molecule has 1 saturated carbocycles. The Hall–Kier alpha value is -3.02. The number of methoxy groups -OCH3 is 2. The maximum absolute atomic E-state index is 13.1. The quantitative estimate of drug-likeness (QED) is 0.432. The zero-order chi connectivity index (χ0) is 25.9. The number of sulfonamides is 1. The highest BCUT2D eigenvalue weighted by molar-refractivity contribution is 7.89. The number of fused-ring (bicyclic) bond motifs is 1. The van der Waals surface area contributed by atoms with Crippen LogP contribution in [-0.4, -0.2) is 56.5 Å². The second-order valence-electron chi connectivity index (χ2n) is 8.61. The second kappa shape index (κ2) is 10.9. The first-order valence-electron chi connectivity index (χ1n) is 11.7. The van der Waals surface area contributed by atoms with E-state index < -0.39 is 21.9 Å². The highest BCUT2D eigenvalue weighted by atomic mass is 32.2. The van der Waals surface area contributed by atoms with E-state index in [1.54, 1.807) is 17.7 Å². The van der Waals surface area contributed by atoms with E-state index in [9.17, 15) is 18.0 Å². The predicted molar refractivity (Wildman–Crippen MR) is 137 cm³/mol. The number of ether oxygens (including phenoxy) is 2. The number of carbonyl (C=O) groups is 2. The van der Waals surface area contributed by atoms with Crippen molar-refractivity contribution in [1.82, 2.24) is 8.87 Å². The Morgan fingerprint density at radius 3 is 2.42 bits per heavy atom. The van der Waals surface area contributed by atoms with Gasteiger partial charge in [-0.05, 0) is 49.2 Å². The summed E-state index contributed by atoms with van der Waals surface area (Å²) in [6.45, 7) is -0.145. The highest BCUT2D eigenvalue weighted by Crippen LogP contribution is 2.28. The summed E-state index contributed by atoms with van der Waals surface area (Å²) in [6, 6.07) is 11.2. The molecule has 11 heteroatoms. The Morgan fingerprint density at radius 2 is 1.78 bits per heavy atom. The summed E-state index contributed by atoms with van der Waals surface area (Å²) in [4.78, 5) is 29.8. The van der Waals surface area contributed by atoms with Crippen molar-refractivity contribution in [1.29, 1.82) is 0 Å². The van der Waals surface area contributed by atoms with Gasteiger partial charge >= 0.3 is 5.97 Å². The zero-order valence-corrected chi connectivity index (χ0v) is 22.1. The molecule has 0 unspecified atom stereocenters. The normalized spacial score (nSPS) is 15.4. The molecule has 0 bridgehead atoms. The van der Waals surface area contributed by atoms with Gasteiger partial charge in [-0.25, -0.2) is 8.42 Å². The third kappa shape index (κ3) is 5.23. The molecule has 0 N–H and O–H groups in total. The van der Waals surface area contributed by atoms with Crippen molar-refractivity contribution < 1.29 is 27.5 Å². The lowest BCUT2D eigenvalue weighted by Gasteiger charge is -2.30. The largest absolute Gasteiger partial charge is 0.495 e. The monoisotopic (exact) mass is 531 g/mol. The number of carbonyl (C=O) groups excluding carboxylic acids is 2. The molecule has 1 amide bonds. The first-order valence-corrected chi connectivity index (χ1v) is 13.9. The fraction of sp³-hybridized carbons (Fsp3) is 0.400. The summed E-state index contributed by atoms with van der Waals surface area (Å²) in [5.74, 6) is -0.506. The van der Waals surface area contributed by atoms with Gasteiger partial charge in [0.2, 0.25) is 10.0 Å². The van der Waals surface area contributed by atoms with Crippen molar-refractivity contribution in [2.45, 2.75) is 49.6 Å². The van der Waals surface area contributed by atoms with E-state index in [0.717, 1.165) is 36.8 Å². The van der Waals surface area contributed by atoms with Crippen LogP contribution in [0.15, 0.2) is 52.4 Å². The lowest BCUT2D eigenvalue weighted by Crippen LogP contribution is -2.38. The number of esters is 1. The van der Waals surface area contributed by atoms with E-state index in [4.69, 9.17) is 9.47 Å². The Balaban J connectivity index is 1.66. The van der Waals surface area contributed by atoms with Crippen molar-refractivity contribution in [2.24, 2.45) is 4.99 Å². The van der Waals surface area contributed by atoms with Crippen LogP contribution in [0, 0.1) is 0 Å². The topological polar surface area (TPSA) is 107 Å². The van der Waals surface area contributed by atoms with E-state index >= 15 is 0 Å². The number of hydrogen-bond donors (Lipinski definition) is 0. The maximum Gasteiger partial charge on any atom is 0.325 e. The van der Waals surface area contributed by atoms with Gasteiger partial charge in [0.25, 0.3) is 5.91 Å². The standard InChI is InChI=1S/C25H29N3O6S2/c1-27(18-8-5-4-6-9-18)36(31,32)19-14-12-17(13-15-19)24(30)26-25-28(16-22(29)34-3)23-20(33-2)10-7-11-21(23)35-25/h7,10-15,18H,4-6,8-9,16H2,1-3H3. The van der Waals surface area contributed by atoms with Crippen LogP contribution >= 0.6 is 11.3 Å². The molecule has 1 aliphatic rings. The molecular formula is C25H29N3O6S2. The Morgan fingerprint density at radius 1 is 1.08 bits per heavy atom. The van der Waals surface area contributed by atoms with Gasteiger partial charge in [-0.15, -0.1) is 0 Å². The van der Waals surface area contributed by atoms with Crippen molar-refractivity contribution in [3.05, 3.63) is 52.8 Å². The van der Waals surface area contributed by atoms with Crippen LogP contribution < -0.4 is 9.54 Å². The second-order valence-corrected chi connectivity index (χ2v) is 11.6. The van der Waals surface area contributed by atoms with Crippen LogP contribution in [0.3, 0.4) is 0 Å². The Labute approximate surface area is 214 Å². The van der Waals surface area contributed by atoms with Gasteiger partial charge < -0.3 is 14.0 Å². The number of thiazole rings is 1. The van der Waals surface area contributed by atoms with Crippen LogP contribution in [0.4, 0.5) is 0 Å². The van der Waals surface area contributed by atoms with Gasteiger partial charge in [-0.1, -0.05) is 36.7 Å². The summed E-state index contributed by atoms with van der Waals surface area (Å²) in [5.41, 5.74) is 0.873. The van der Waals surface area contributed by atoms with Crippen molar-refractivity contribution in [2.75, 3.05) is 21.3 Å². The van der Waals surface area contributed by atoms with E-state index in [1.807, 2.05) is 12.1 Å². The van der Waals surface area contributed by atoms with Crippen molar-refractivity contribution in [3.8, 4) is 5.75 Å². The third-order valence-electron chi connectivity index (χ3n) is 6.46. The molecule has 0 radical (unpaired) electrons. The van der Waals surface area contributed by atoms with E-state index in [0.29, 0.717) is 16.1 Å². The van der Waals surface area contributed by atoms with Crippen molar-refractivity contribution >= 4 is 43.5 Å². The minimum absolute atomic E-state index is 0.00438. The molecule has 0 saturated heterocycles. The smallest absolute Gasteiger partial charge is 0.325 e. The van der Waals surface area contributed by atoms with Crippen LogP contribution in [0.2, 0.25) is 0 Å². The summed E-state index contributed by atoms with van der Waals surface area (Å²) < 4.78 is 40.3. The highest BCUT2D eigenvalue weighted by Gasteiger charge is 2.29. The Kier molecular flexibility index (Phi) is 7.91. The van der Waals surface area contributed by atoms with Gasteiger partial charge in [0.1, 0.15) is 17.8 Å². The molecule has 1 heterocycles. The van der Waals surface area contributed by atoms with Gasteiger partial charge in [0, 0.05) is 18.7 Å². The summed E-state index contributed by atoms with van der Waals surface area (Å²) in [6.07, 6.45) is 4.91. The number of para-hydroxylation sites is 1. The lowest BCUT2D eigenvalue weighted by molar-refractivity contribution is -0.141. The fourth-order valence-corrected chi connectivity index (χ4v) is 6.88. The molecular weight excluding hydrogens is 502 g/mol. The molecule has 0 spiro atoms. The molecule has 4 rings (SSSR count). The fourth-order valence-electron chi connectivity index (χ4n) is 4.42. The van der Waals surface area contributed by atoms with E-state index in [1.165, 1.54) is 54.1 Å². The first-order chi connectivity index (χ1) is 17.3. The van der Waals surface area contributed by atoms with Crippen LogP contribution in [0.25, 0.3) is 10.2 Å². The van der Waals surface area contributed by atoms with E-state index in [2.05, 4.69) is 4.99 Å². The zero-order valence-electron chi connectivity index (χ0n) is 20.5. The average molecular weight is 532 g/mol.